The predicted molar refractivity (Wildman–Crippen MR) is 79.5 cm³/mol. The van der Waals surface area contributed by atoms with Crippen molar-refractivity contribution in [3.8, 4) is 0 Å². The summed E-state index contributed by atoms with van der Waals surface area (Å²) < 4.78 is 5.34. The zero-order chi connectivity index (χ0) is 14.5. The van der Waals surface area contributed by atoms with Crippen LogP contribution >= 0.6 is 0 Å². The van der Waals surface area contributed by atoms with E-state index >= 15 is 0 Å². The molecule has 0 spiro atoms. The molecule has 0 aromatic carbocycles. The first kappa shape index (κ1) is 13.5. The Morgan fingerprint density at radius 2 is 2.00 bits per heavy atom. The number of carbonyl (C=O) groups is 1. The minimum atomic E-state index is -0.183. The van der Waals surface area contributed by atoms with Crippen molar-refractivity contribution in [3.05, 3.63) is 48.4 Å². The number of ether oxygens (including phenoxy) is 1. The minimum absolute atomic E-state index is 0.183. The summed E-state index contributed by atoms with van der Waals surface area (Å²) in [6.07, 6.45) is 4.98. The van der Waals surface area contributed by atoms with Gasteiger partial charge in [0.05, 0.1) is 30.7 Å². The van der Waals surface area contributed by atoms with E-state index < -0.39 is 0 Å². The van der Waals surface area contributed by atoms with E-state index in [0.717, 1.165) is 13.1 Å². The Bertz CT molecular complexity index is 612. The topological polar surface area (TPSA) is 67.4 Å². The zero-order valence-corrected chi connectivity index (χ0v) is 11.5. The molecule has 6 heteroatoms. The quantitative estimate of drug-likeness (QED) is 0.926. The number of nitrogens with one attached hydrogen (secondary N) is 1. The zero-order valence-electron chi connectivity index (χ0n) is 11.5. The van der Waals surface area contributed by atoms with Crippen molar-refractivity contribution in [3.63, 3.8) is 0 Å². The molecule has 3 rings (SSSR count). The number of morpholine rings is 1. The number of hydrogen-bond donors (Lipinski definition) is 1. The van der Waals surface area contributed by atoms with Crippen LogP contribution in [0.4, 0.5) is 11.5 Å². The monoisotopic (exact) mass is 284 g/mol. The normalized spacial score (nSPS) is 14.8. The molecule has 3 heterocycles. The van der Waals surface area contributed by atoms with Gasteiger partial charge in [0.15, 0.2) is 0 Å². The highest BCUT2D eigenvalue weighted by molar-refractivity contribution is 6.07. The molecular formula is C15H16N4O2. The Labute approximate surface area is 122 Å². The lowest BCUT2D eigenvalue weighted by Crippen LogP contribution is -2.38. The van der Waals surface area contributed by atoms with Gasteiger partial charge in [0, 0.05) is 25.5 Å². The molecule has 0 aliphatic carbocycles. The van der Waals surface area contributed by atoms with E-state index in [0.29, 0.717) is 30.3 Å². The minimum Gasteiger partial charge on any atom is -0.378 e. The first-order chi connectivity index (χ1) is 10.3. The third kappa shape index (κ3) is 3.17. The number of nitrogens with zero attached hydrogens (tertiary/aromatic N) is 3. The molecule has 2 aromatic rings. The molecule has 0 radical (unpaired) electrons. The van der Waals surface area contributed by atoms with Crippen molar-refractivity contribution >= 4 is 17.4 Å². The number of carbonyl (C=O) groups excluding carboxylic acids is 1. The Morgan fingerprint density at radius 3 is 2.76 bits per heavy atom. The highest BCUT2D eigenvalue weighted by Crippen LogP contribution is 2.19. The van der Waals surface area contributed by atoms with Gasteiger partial charge in [-0.2, -0.15) is 0 Å². The van der Waals surface area contributed by atoms with Crippen LogP contribution in [0.2, 0.25) is 0 Å². The number of pyridine rings is 2. The first-order valence-corrected chi connectivity index (χ1v) is 6.84. The number of amides is 1. The lowest BCUT2D eigenvalue weighted by molar-refractivity contribution is 0.102. The lowest BCUT2D eigenvalue weighted by Gasteiger charge is -2.29. The van der Waals surface area contributed by atoms with E-state index in [1.54, 1.807) is 42.9 Å². The summed E-state index contributed by atoms with van der Waals surface area (Å²) in [4.78, 5) is 22.9. The van der Waals surface area contributed by atoms with Gasteiger partial charge in [-0.1, -0.05) is 0 Å². The molecule has 0 atom stereocenters. The van der Waals surface area contributed by atoms with E-state index in [9.17, 15) is 4.79 Å². The SMILES string of the molecule is O=C(Nc1cccnc1)c1cccnc1N1CCOCC1. The summed E-state index contributed by atoms with van der Waals surface area (Å²) in [5, 5.41) is 2.84. The van der Waals surface area contributed by atoms with Crippen molar-refractivity contribution in [1.82, 2.24) is 9.97 Å². The molecule has 108 valence electrons. The van der Waals surface area contributed by atoms with E-state index in [2.05, 4.69) is 20.2 Å². The summed E-state index contributed by atoms with van der Waals surface area (Å²) in [7, 11) is 0. The molecule has 0 saturated carbocycles. The van der Waals surface area contributed by atoms with E-state index in [1.165, 1.54) is 0 Å². The predicted octanol–water partition coefficient (Wildman–Crippen LogP) is 1.57. The average molecular weight is 284 g/mol. The smallest absolute Gasteiger partial charge is 0.259 e. The van der Waals surface area contributed by atoms with Crippen LogP contribution in [0.3, 0.4) is 0 Å². The molecule has 2 aromatic heterocycles. The van der Waals surface area contributed by atoms with Crippen LogP contribution in [0.5, 0.6) is 0 Å². The second kappa shape index (κ2) is 6.32. The van der Waals surface area contributed by atoms with Gasteiger partial charge in [0.2, 0.25) is 0 Å². The maximum absolute atomic E-state index is 12.4. The molecule has 0 unspecified atom stereocenters. The van der Waals surface area contributed by atoms with Crippen LogP contribution in [0.1, 0.15) is 10.4 Å². The van der Waals surface area contributed by atoms with Gasteiger partial charge in [-0.25, -0.2) is 4.98 Å². The van der Waals surface area contributed by atoms with Crippen molar-refractivity contribution in [2.24, 2.45) is 0 Å². The van der Waals surface area contributed by atoms with Gasteiger partial charge in [-0.05, 0) is 24.3 Å². The van der Waals surface area contributed by atoms with Gasteiger partial charge in [-0.15, -0.1) is 0 Å². The standard InChI is InChI=1S/C15H16N4O2/c20-15(18-12-3-1-5-16-11-12)13-4-2-6-17-14(13)19-7-9-21-10-8-19/h1-6,11H,7-10H2,(H,18,20). The summed E-state index contributed by atoms with van der Waals surface area (Å²) in [5.74, 6) is 0.514. The second-order valence-electron chi connectivity index (χ2n) is 4.67. The largest absolute Gasteiger partial charge is 0.378 e. The molecule has 1 saturated heterocycles. The van der Waals surface area contributed by atoms with Crippen LogP contribution in [0, 0.1) is 0 Å². The van der Waals surface area contributed by atoms with Crippen molar-refractivity contribution in [2.45, 2.75) is 0 Å². The second-order valence-corrected chi connectivity index (χ2v) is 4.67. The average Bonchev–Trinajstić information content (AvgIpc) is 2.56. The number of anilines is 2. The Balaban J connectivity index is 1.82. The summed E-state index contributed by atoms with van der Waals surface area (Å²) in [6, 6.07) is 7.13. The Hall–Kier alpha value is -2.47. The fourth-order valence-corrected chi connectivity index (χ4v) is 2.24. The first-order valence-electron chi connectivity index (χ1n) is 6.84. The molecule has 1 aliphatic rings. The van der Waals surface area contributed by atoms with Gasteiger partial charge in [0.25, 0.3) is 5.91 Å². The highest BCUT2D eigenvalue weighted by atomic mass is 16.5. The molecule has 1 amide bonds. The van der Waals surface area contributed by atoms with Crippen LogP contribution in [0.25, 0.3) is 0 Å². The maximum atomic E-state index is 12.4. The van der Waals surface area contributed by atoms with E-state index in [-0.39, 0.29) is 5.91 Å². The van der Waals surface area contributed by atoms with Gasteiger partial charge < -0.3 is 15.0 Å². The maximum Gasteiger partial charge on any atom is 0.259 e. The molecule has 6 nitrogen and oxygen atoms in total. The molecule has 1 aliphatic heterocycles. The molecular weight excluding hydrogens is 268 g/mol. The Kier molecular flexibility index (Phi) is 4.07. The number of rotatable bonds is 3. The van der Waals surface area contributed by atoms with Crippen LogP contribution in [-0.4, -0.2) is 42.2 Å². The molecule has 0 bridgehead atoms. The summed E-state index contributed by atoms with van der Waals surface area (Å²) >= 11 is 0. The fraction of sp³-hybridized carbons (Fsp3) is 0.267. The van der Waals surface area contributed by atoms with E-state index in [1.807, 2.05) is 0 Å². The molecule has 1 fully saturated rings. The van der Waals surface area contributed by atoms with Gasteiger partial charge >= 0.3 is 0 Å². The third-order valence-corrected chi connectivity index (χ3v) is 3.26. The van der Waals surface area contributed by atoms with Crippen molar-refractivity contribution < 1.29 is 9.53 Å². The fourth-order valence-electron chi connectivity index (χ4n) is 2.24. The van der Waals surface area contributed by atoms with Crippen molar-refractivity contribution in [2.75, 3.05) is 36.5 Å². The molecule has 21 heavy (non-hydrogen) atoms. The van der Waals surface area contributed by atoms with Crippen LogP contribution in [0.15, 0.2) is 42.9 Å². The van der Waals surface area contributed by atoms with Crippen LogP contribution < -0.4 is 10.2 Å². The Morgan fingerprint density at radius 1 is 1.19 bits per heavy atom. The van der Waals surface area contributed by atoms with E-state index in [4.69, 9.17) is 4.74 Å². The highest BCUT2D eigenvalue weighted by Gasteiger charge is 2.19. The van der Waals surface area contributed by atoms with Gasteiger partial charge in [-0.3, -0.25) is 9.78 Å². The lowest BCUT2D eigenvalue weighted by atomic mass is 10.2. The molecule has 1 N–H and O–H groups in total. The number of aromatic nitrogens is 2. The summed E-state index contributed by atoms with van der Waals surface area (Å²) in [6.45, 7) is 2.79. The van der Waals surface area contributed by atoms with Crippen LogP contribution in [-0.2, 0) is 4.74 Å². The third-order valence-electron chi connectivity index (χ3n) is 3.26. The van der Waals surface area contributed by atoms with Gasteiger partial charge in [0.1, 0.15) is 5.82 Å². The van der Waals surface area contributed by atoms with Crippen molar-refractivity contribution in [1.29, 1.82) is 0 Å². The summed E-state index contributed by atoms with van der Waals surface area (Å²) in [5.41, 5.74) is 1.22. The number of hydrogen-bond acceptors (Lipinski definition) is 5.